The molecule has 0 spiro atoms. The first-order valence-electron chi connectivity index (χ1n) is 4.10. The summed E-state index contributed by atoms with van der Waals surface area (Å²) in [7, 11) is 0. The van der Waals surface area contributed by atoms with Crippen LogP contribution in [0.1, 0.15) is 0 Å². The topological polar surface area (TPSA) is 71.1 Å². The fraction of sp³-hybridized carbons (Fsp3) is 0.333. The summed E-state index contributed by atoms with van der Waals surface area (Å²) in [4.78, 5) is 21.9. The number of carbonyl (C=O) groups is 2. The van der Waals surface area contributed by atoms with Gasteiger partial charge in [-0.05, 0) is 0 Å². The van der Waals surface area contributed by atoms with Gasteiger partial charge in [0.2, 0.25) is 0 Å². The van der Waals surface area contributed by atoms with E-state index < -0.39 is 18.1 Å². The lowest BCUT2D eigenvalue weighted by Crippen LogP contribution is -2.40. The molecular formula is C9H10O6. The molecule has 6 nitrogen and oxygen atoms in total. The molecule has 0 aliphatic carbocycles. The van der Waals surface area contributed by atoms with Gasteiger partial charge >= 0.3 is 18.1 Å². The van der Waals surface area contributed by atoms with Crippen molar-refractivity contribution < 1.29 is 28.5 Å². The number of esters is 2. The van der Waals surface area contributed by atoms with Crippen LogP contribution in [-0.2, 0) is 28.5 Å². The maximum absolute atomic E-state index is 10.9. The molecule has 0 radical (unpaired) electrons. The van der Waals surface area contributed by atoms with Crippen LogP contribution >= 0.6 is 0 Å². The summed E-state index contributed by atoms with van der Waals surface area (Å²) in [5.41, 5.74) is 0. The van der Waals surface area contributed by atoms with E-state index in [1.165, 1.54) is 0 Å². The smallest absolute Gasteiger partial charge is 0.370 e. The van der Waals surface area contributed by atoms with Gasteiger partial charge in [0.05, 0.1) is 13.2 Å². The molecule has 1 aliphatic rings. The van der Waals surface area contributed by atoms with Crippen LogP contribution in [0.15, 0.2) is 25.3 Å². The molecule has 6 heteroatoms. The second-order valence-electron chi connectivity index (χ2n) is 2.45. The van der Waals surface area contributed by atoms with Crippen LogP contribution in [0, 0.1) is 0 Å². The SMILES string of the molecule is C=CC(=O)OC1(OC(=O)C=C)OCCO1. The van der Waals surface area contributed by atoms with Crippen molar-refractivity contribution in [2.24, 2.45) is 0 Å². The molecule has 0 N–H and O–H groups in total. The van der Waals surface area contributed by atoms with Crippen molar-refractivity contribution in [3.05, 3.63) is 25.3 Å². The Morgan fingerprint density at radius 3 is 1.80 bits per heavy atom. The van der Waals surface area contributed by atoms with Crippen LogP contribution in [0.4, 0.5) is 0 Å². The van der Waals surface area contributed by atoms with Gasteiger partial charge in [-0.1, -0.05) is 13.2 Å². The number of hydrogen-bond acceptors (Lipinski definition) is 6. The lowest BCUT2D eigenvalue weighted by Gasteiger charge is -2.23. The first kappa shape index (κ1) is 11.4. The molecule has 0 unspecified atom stereocenters. The fourth-order valence-corrected chi connectivity index (χ4v) is 0.843. The highest BCUT2D eigenvalue weighted by molar-refractivity contribution is 5.83. The molecule has 82 valence electrons. The van der Waals surface area contributed by atoms with Crippen molar-refractivity contribution >= 4 is 11.9 Å². The van der Waals surface area contributed by atoms with Crippen LogP contribution in [-0.4, -0.2) is 31.3 Å². The summed E-state index contributed by atoms with van der Waals surface area (Å²) in [6.07, 6.45) is -0.306. The van der Waals surface area contributed by atoms with Crippen LogP contribution in [0.25, 0.3) is 0 Å². The van der Waals surface area contributed by atoms with Crippen LogP contribution < -0.4 is 0 Å². The van der Waals surface area contributed by atoms with Crippen molar-refractivity contribution in [2.75, 3.05) is 13.2 Å². The Morgan fingerprint density at radius 2 is 1.47 bits per heavy atom. The maximum atomic E-state index is 10.9. The lowest BCUT2D eigenvalue weighted by molar-refractivity contribution is -0.424. The molecule has 0 aromatic rings. The van der Waals surface area contributed by atoms with Crippen molar-refractivity contribution in [2.45, 2.75) is 6.16 Å². The molecule has 1 rings (SSSR count). The second kappa shape index (κ2) is 4.72. The highest BCUT2D eigenvalue weighted by Crippen LogP contribution is 2.23. The molecule has 0 aromatic heterocycles. The zero-order chi connectivity index (χ0) is 11.3. The second-order valence-corrected chi connectivity index (χ2v) is 2.45. The summed E-state index contributed by atoms with van der Waals surface area (Å²) in [5.74, 6) is -1.65. The molecular weight excluding hydrogens is 204 g/mol. The zero-order valence-corrected chi connectivity index (χ0v) is 7.93. The van der Waals surface area contributed by atoms with Gasteiger partial charge in [0.25, 0.3) is 0 Å². The molecule has 1 heterocycles. The monoisotopic (exact) mass is 214 g/mol. The first-order valence-corrected chi connectivity index (χ1v) is 4.10. The van der Waals surface area contributed by atoms with Gasteiger partial charge in [0.1, 0.15) is 0 Å². The van der Waals surface area contributed by atoms with E-state index in [1.54, 1.807) is 0 Å². The van der Waals surface area contributed by atoms with E-state index in [2.05, 4.69) is 22.6 Å². The van der Waals surface area contributed by atoms with Gasteiger partial charge in [0, 0.05) is 12.2 Å². The quantitative estimate of drug-likeness (QED) is 0.375. The number of ether oxygens (including phenoxy) is 4. The van der Waals surface area contributed by atoms with Crippen molar-refractivity contribution in [1.82, 2.24) is 0 Å². The molecule has 1 fully saturated rings. The van der Waals surface area contributed by atoms with Crippen molar-refractivity contribution in [3.63, 3.8) is 0 Å². The summed E-state index contributed by atoms with van der Waals surface area (Å²) in [6, 6.07) is 0. The Hall–Kier alpha value is -1.66. The van der Waals surface area contributed by atoms with E-state index in [0.29, 0.717) is 0 Å². The van der Waals surface area contributed by atoms with Gasteiger partial charge in [-0.2, -0.15) is 0 Å². The Morgan fingerprint density at radius 1 is 1.07 bits per heavy atom. The Labute approximate surface area is 86.1 Å². The summed E-state index contributed by atoms with van der Waals surface area (Å²) in [6.45, 7) is 6.67. The molecule has 15 heavy (non-hydrogen) atoms. The predicted octanol–water partition coefficient (Wildman–Crippen LogP) is 0.103. The van der Waals surface area contributed by atoms with Gasteiger partial charge in [-0.25, -0.2) is 9.59 Å². The first-order chi connectivity index (χ1) is 7.12. The van der Waals surface area contributed by atoms with E-state index in [4.69, 9.17) is 9.47 Å². The molecule has 1 saturated heterocycles. The van der Waals surface area contributed by atoms with Crippen LogP contribution in [0.2, 0.25) is 0 Å². The minimum absolute atomic E-state index is 0.148. The minimum atomic E-state index is -2.10. The minimum Gasteiger partial charge on any atom is -0.370 e. The zero-order valence-electron chi connectivity index (χ0n) is 7.93. The average Bonchev–Trinajstić information content (AvgIpc) is 2.66. The van der Waals surface area contributed by atoms with E-state index in [1.807, 2.05) is 0 Å². The third-order valence-electron chi connectivity index (χ3n) is 1.43. The standard InChI is InChI=1S/C9H10O6/c1-3-7(10)14-9(12-5-6-13-9)15-8(11)4-2/h3-4H,1-2,5-6H2. The summed E-state index contributed by atoms with van der Waals surface area (Å²) in [5, 5.41) is 0. The molecule has 0 amide bonds. The van der Waals surface area contributed by atoms with Crippen LogP contribution in [0.3, 0.4) is 0 Å². The third-order valence-corrected chi connectivity index (χ3v) is 1.43. The Bertz CT molecular complexity index is 265. The maximum Gasteiger partial charge on any atom is 0.514 e. The van der Waals surface area contributed by atoms with Crippen molar-refractivity contribution in [3.8, 4) is 0 Å². The largest absolute Gasteiger partial charge is 0.514 e. The van der Waals surface area contributed by atoms with Crippen LogP contribution in [0.5, 0.6) is 0 Å². The van der Waals surface area contributed by atoms with Gasteiger partial charge < -0.3 is 9.47 Å². The van der Waals surface area contributed by atoms with Gasteiger partial charge in [0.15, 0.2) is 0 Å². The van der Waals surface area contributed by atoms with E-state index in [-0.39, 0.29) is 13.2 Å². The third kappa shape index (κ3) is 2.90. The molecule has 0 saturated carbocycles. The molecule has 0 aromatic carbocycles. The summed E-state index contributed by atoms with van der Waals surface area (Å²) < 4.78 is 19.0. The molecule has 1 aliphatic heterocycles. The fourth-order valence-electron chi connectivity index (χ4n) is 0.843. The van der Waals surface area contributed by atoms with Gasteiger partial charge in [-0.15, -0.1) is 0 Å². The molecule has 0 atom stereocenters. The van der Waals surface area contributed by atoms with E-state index in [0.717, 1.165) is 12.2 Å². The predicted molar refractivity (Wildman–Crippen MR) is 47.2 cm³/mol. The Kier molecular flexibility index (Phi) is 3.59. The number of hydrogen-bond donors (Lipinski definition) is 0. The Balaban J connectivity index is 2.69. The van der Waals surface area contributed by atoms with E-state index >= 15 is 0 Å². The average molecular weight is 214 g/mol. The van der Waals surface area contributed by atoms with Gasteiger partial charge in [-0.3, -0.25) is 9.47 Å². The highest BCUT2D eigenvalue weighted by Gasteiger charge is 2.46. The van der Waals surface area contributed by atoms with Crippen molar-refractivity contribution in [1.29, 1.82) is 0 Å². The number of carbonyl (C=O) groups excluding carboxylic acids is 2. The normalized spacial score (nSPS) is 17.9. The highest BCUT2D eigenvalue weighted by atomic mass is 17.0. The summed E-state index contributed by atoms with van der Waals surface area (Å²) >= 11 is 0. The van der Waals surface area contributed by atoms with E-state index in [9.17, 15) is 9.59 Å². The lowest BCUT2D eigenvalue weighted by atomic mass is 10.6. The number of rotatable bonds is 4. The molecule has 0 bridgehead atoms.